The number of rotatable bonds is 4. The Balaban J connectivity index is 1.45. The Morgan fingerprint density at radius 2 is 2.30 bits per heavy atom. The highest BCUT2D eigenvalue weighted by Gasteiger charge is 2.26. The molecule has 9 nitrogen and oxygen atoms in total. The van der Waals surface area contributed by atoms with E-state index in [9.17, 15) is 4.79 Å². The quantitative estimate of drug-likeness (QED) is 0.414. The number of aromatic nitrogens is 7. The number of aryl methyl sites for hydroxylation is 1. The van der Waals surface area contributed by atoms with Gasteiger partial charge < -0.3 is 5.32 Å². The number of thioether (sulfide) groups is 1. The first-order valence-electron chi connectivity index (χ1n) is 9.52. The Labute approximate surface area is 182 Å². The van der Waals surface area contributed by atoms with Crippen LogP contribution in [0.2, 0.25) is 0 Å². The lowest BCUT2D eigenvalue weighted by Crippen LogP contribution is -2.14. The maximum absolute atomic E-state index is 12.3. The van der Waals surface area contributed by atoms with E-state index in [1.54, 1.807) is 28.4 Å². The van der Waals surface area contributed by atoms with Gasteiger partial charge in [0.05, 0.1) is 11.1 Å². The molecule has 0 aliphatic heterocycles. The number of hydrogen-bond acceptors (Lipinski definition) is 9. The van der Waals surface area contributed by atoms with Gasteiger partial charge in [-0.25, -0.2) is 14.4 Å². The zero-order chi connectivity index (χ0) is 20.2. The second kappa shape index (κ2) is 7.00. The molecule has 1 aliphatic rings. The molecule has 1 amide bonds. The molecule has 6 rings (SSSR count). The Morgan fingerprint density at radius 1 is 1.37 bits per heavy atom. The second-order valence-corrected chi connectivity index (χ2v) is 10.2. The summed E-state index contributed by atoms with van der Waals surface area (Å²) in [5.41, 5.74) is 2.20. The molecule has 1 atom stereocenters. The number of nitrogens with zero attached hydrogens (tertiary/aromatic N) is 7. The van der Waals surface area contributed by atoms with E-state index in [0.717, 1.165) is 28.7 Å². The second-order valence-electron chi connectivity index (χ2n) is 7.32. The van der Waals surface area contributed by atoms with Gasteiger partial charge in [0.15, 0.2) is 15.9 Å². The molecule has 1 aliphatic carbocycles. The van der Waals surface area contributed by atoms with E-state index in [4.69, 9.17) is 0 Å². The fourth-order valence-electron chi connectivity index (χ4n) is 3.92. The number of carbonyl (C=O) groups excluding carboxylic acids is 1. The van der Waals surface area contributed by atoms with Crippen molar-refractivity contribution >= 4 is 67.1 Å². The van der Waals surface area contributed by atoms with Crippen molar-refractivity contribution in [2.75, 3.05) is 11.1 Å². The summed E-state index contributed by atoms with van der Waals surface area (Å²) in [5, 5.41) is 20.2. The van der Waals surface area contributed by atoms with Gasteiger partial charge in [-0.15, -0.1) is 32.9 Å². The van der Waals surface area contributed by atoms with Crippen LogP contribution >= 0.6 is 34.4 Å². The third kappa shape index (κ3) is 2.81. The Hall–Kier alpha value is -2.57. The lowest BCUT2D eigenvalue weighted by atomic mass is 9.89. The van der Waals surface area contributed by atoms with Crippen molar-refractivity contribution in [1.82, 2.24) is 34.2 Å². The number of thiazole rings is 1. The fraction of sp³-hybridized carbons (Fsp3) is 0.333. The van der Waals surface area contributed by atoms with Gasteiger partial charge in [-0.05, 0) is 30.7 Å². The highest BCUT2D eigenvalue weighted by Crippen LogP contribution is 2.40. The molecule has 5 aromatic rings. The van der Waals surface area contributed by atoms with Crippen molar-refractivity contribution < 1.29 is 4.79 Å². The largest absolute Gasteiger partial charge is 0.301 e. The molecule has 30 heavy (non-hydrogen) atoms. The van der Waals surface area contributed by atoms with Crippen LogP contribution in [-0.4, -0.2) is 45.8 Å². The van der Waals surface area contributed by atoms with E-state index in [-0.39, 0.29) is 11.7 Å². The molecular weight excluding hydrogens is 440 g/mol. The minimum atomic E-state index is -0.121. The Kier molecular flexibility index (Phi) is 4.25. The summed E-state index contributed by atoms with van der Waals surface area (Å²) in [4.78, 5) is 23.4. The topological polar surface area (TPSA) is 102 Å². The highest BCUT2D eigenvalue weighted by atomic mass is 32.2. The molecule has 5 heterocycles. The van der Waals surface area contributed by atoms with E-state index in [1.807, 2.05) is 9.78 Å². The van der Waals surface area contributed by atoms with Crippen LogP contribution in [0.3, 0.4) is 0 Å². The van der Waals surface area contributed by atoms with E-state index in [0.29, 0.717) is 22.0 Å². The normalized spacial score (nSPS) is 16.5. The third-order valence-corrected chi connectivity index (χ3v) is 8.14. The number of fused-ring (bicyclic) bond motifs is 8. The number of hydrogen-bond donors (Lipinski definition) is 1. The van der Waals surface area contributed by atoms with Crippen molar-refractivity contribution in [1.29, 1.82) is 0 Å². The predicted molar refractivity (Wildman–Crippen MR) is 118 cm³/mol. The van der Waals surface area contributed by atoms with Crippen LogP contribution in [0.15, 0.2) is 23.1 Å². The van der Waals surface area contributed by atoms with Crippen molar-refractivity contribution in [3.8, 4) is 0 Å². The Morgan fingerprint density at radius 3 is 3.17 bits per heavy atom. The molecular formula is C18H16N8OS3. The lowest BCUT2D eigenvalue weighted by Gasteiger charge is -2.17. The maximum Gasteiger partial charge on any atom is 0.260 e. The molecule has 0 bridgehead atoms. The van der Waals surface area contributed by atoms with E-state index in [2.05, 4.69) is 37.5 Å². The van der Waals surface area contributed by atoms with E-state index < -0.39 is 0 Å². The minimum Gasteiger partial charge on any atom is -0.301 e. The molecule has 0 saturated carbocycles. The average Bonchev–Trinajstić information content (AvgIpc) is 3.49. The maximum atomic E-state index is 12.3. The molecule has 12 heteroatoms. The lowest BCUT2D eigenvalue weighted by molar-refractivity contribution is -0.113. The summed E-state index contributed by atoms with van der Waals surface area (Å²) in [6, 6.07) is 0. The van der Waals surface area contributed by atoms with Crippen molar-refractivity contribution in [3.63, 3.8) is 0 Å². The predicted octanol–water partition coefficient (Wildman–Crippen LogP) is 3.30. The van der Waals surface area contributed by atoms with Gasteiger partial charge in [0, 0.05) is 16.5 Å². The monoisotopic (exact) mass is 456 g/mol. The number of thiophene rings is 1. The summed E-state index contributed by atoms with van der Waals surface area (Å²) < 4.78 is 3.77. The number of carbonyl (C=O) groups is 1. The van der Waals surface area contributed by atoms with Crippen LogP contribution in [0.4, 0.5) is 5.13 Å². The van der Waals surface area contributed by atoms with Crippen molar-refractivity contribution in [2.45, 2.75) is 31.3 Å². The molecule has 0 radical (unpaired) electrons. The number of nitrogens with one attached hydrogen (secondary N) is 1. The molecule has 0 saturated heterocycles. The van der Waals surface area contributed by atoms with Gasteiger partial charge in [0.25, 0.3) is 5.78 Å². The van der Waals surface area contributed by atoms with Crippen LogP contribution in [0, 0.1) is 5.92 Å². The number of anilines is 1. The molecule has 0 fully saturated rings. The molecule has 5 aromatic heterocycles. The summed E-state index contributed by atoms with van der Waals surface area (Å²) in [5.74, 6) is 1.40. The zero-order valence-corrected chi connectivity index (χ0v) is 18.4. The average molecular weight is 457 g/mol. The van der Waals surface area contributed by atoms with Crippen LogP contribution in [0.5, 0.6) is 0 Å². The van der Waals surface area contributed by atoms with Gasteiger partial charge in [-0.2, -0.15) is 9.61 Å². The molecule has 0 spiro atoms. The van der Waals surface area contributed by atoms with Crippen LogP contribution in [-0.2, 0) is 17.6 Å². The molecule has 0 aromatic carbocycles. The third-order valence-electron chi connectivity index (χ3n) is 5.28. The van der Waals surface area contributed by atoms with Gasteiger partial charge in [-0.3, -0.25) is 4.79 Å². The molecule has 152 valence electrons. The Bertz CT molecular complexity index is 1400. The summed E-state index contributed by atoms with van der Waals surface area (Å²) >= 11 is 4.54. The van der Waals surface area contributed by atoms with Crippen LogP contribution in [0.1, 0.15) is 23.8 Å². The van der Waals surface area contributed by atoms with E-state index >= 15 is 0 Å². The first kappa shape index (κ1) is 18.2. The van der Waals surface area contributed by atoms with Gasteiger partial charge >= 0.3 is 0 Å². The van der Waals surface area contributed by atoms with Crippen molar-refractivity contribution in [2.24, 2.45) is 5.92 Å². The molecule has 1 N–H and O–H groups in total. The summed E-state index contributed by atoms with van der Waals surface area (Å²) in [6.45, 7) is 2.30. The zero-order valence-electron chi connectivity index (χ0n) is 15.9. The van der Waals surface area contributed by atoms with Gasteiger partial charge in [0.2, 0.25) is 5.91 Å². The molecule has 1 unspecified atom stereocenters. The first-order valence-corrected chi connectivity index (χ1v) is 12.2. The standard InChI is InChI=1S/C18H16N8OS3/c1-9-2-3-10-11(6-9)30-15-13(10)14-20-8-21-26(14)17-23-24-18(25(15)17)29-7-12(27)22-16-19-4-5-28-16/h4-5,8-9H,2-3,6-7H2,1H3,(H,19,22,27). The highest BCUT2D eigenvalue weighted by molar-refractivity contribution is 7.99. The van der Waals surface area contributed by atoms with Crippen LogP contribution in [0.25, 0.3) is 21.6 Å². The smallest absolute Gasteiger partial charge is 0.260 e. The first-order chi connectivity index (χ1) is 14.7. The fourth-order valence-corrected chi connectivity index (χ4v) is 6.76. The minimum absolute atomic E-state index is 0.121. The summed E-state index contributed by atoms with van der Waals surface area (Å²) in [6.07, 6.45) is 6.53. The summed E-state index contributed by atoms with van der Waals surface area (Å²) in [7, 11) is 0. The SMILES string of the molecule is CC1CCc2c(sc3c2c2ncnn2c2nnc(SCC(=O)Nc4nccs4)n32)C1. The van der Waals surface area contributed by atoms with Crippen LogP contribution < -0.4 is 5.32 Å². The number of amides is 1. The van der Waals surface area contributed by atoms with E-state index in [1.165, 1.54) is 40.0 Å². The van der Waals surface area contributed by atoms with Crippen molar-refractivity contribution in [3.05, 3.63) is 28.3 Å². The van der Waals surface area contributed by atoms with Gasteiger partial charge in [0.1, 0.15) is 11.2 Å². The van der Waals surface area contributed by atoms with Gasteiger partial charge in [-0.1, -0.05) is 18.7 Å².